The van der Waals surface area contributed by atoms with Crippen LogP contribution in [-0.4, -0.2) is 11.2 Å². The molecule has 10 heavy (non-hydrogen) atoms. The summed E-state index contributed by atoms with van der Waals surface area (Å²) in [7, 11) is 0. The molecule has 2 atom stereocenters. The molecule has 0 amide bonds. The Morgan fingerprint density at radius 1 is 1.50 bits per heavy atom. The Bertz CT molecular complexity index is 105. The molecule has 0 saturated carbocycles. The highest BCUT2D eigenvalue weighted by Crippen LogP contribution is 2.20. The fraction of sp³-hybridized carbons (Fsp3) is 0.778. The van der Waals surface area contributed by atoms with Gasteiger partial charge in [0.2, 0.25) is 0 Å². The van der Waals surface area contributed by atoms with Crippen molar-refractivity contribution in [1.29, 1.82) is 0 Å². The fourth-order valence-electron chi connectivity index (χ4n) is 1.26. The van der Waals surface area contributed by atoms with Crippen LogP contribution in [-0.2, 0) is 0 Å². The molecule has 0 saturated heterocycles. The molecule has 1 nitrogen and oxygen atoms in total. The number of aliphatic hydroxyl groups excluding tert-OH is 1. The molecule has 1 aliphatic carbocycles. The maximum atomic E-state index is 9.14. The van der Waals surface area contributed by atoms with Gasteiger partial charge in [0.1, 0.15) is 0 Å². The summed E-state index contributed by atoms with van der Waals surface area (Å²) in [5.41, 5.74) is 0. The first kappa shape index (κ1) is 9.70. The van der Waals surface area contributed by atoms with Gasteiger partial charge >= 0.3 is 0 Å². The summed E-state index contributed by atoms with van der Waals surface area (Å²) in [6.45, 7) is 1.88. The highest BCUT2D eigenvalue weighted by Gasteiger charge is 2.14. The smallest absolute Gasteiger partial charge is 0.0543 e. The summed E-state index contributed by atoms with van der Waals surface area (Å²) < 4.78 is 0. The zero-order chi connectivity index (χ0) is 6.69. The summed E-state index contributed by atoms with van der Waals surface area (Å²) in [6, 6.07) is 0. The first-order valence-electron chi connectivity index (χ1n) is 3.64. The maximum Gasteiger partial charge on any atom is 0.0543 e. The first-order chi connectivity index (χ1) is 4.30. The largest absolute Gasteiger partial charge is 0.393 e. The zero-order valence-electron chi connectivity index (χ0n) is 5.88. The predicted octanol–water partition coefficient (Wildman–Crippen LogP) is 2.36. The molecule has 0 spiro atoms. The van der Waals surface area contributed by atoms with E-state index in [9.17, 15) is 0 Å². The van der Waals surface area contributed by atoms with Gasteiger partial charge in [-0.1, -0.05) is 19.6 Å². The second-order valence-electron chi connectivity index (χ2n) is 2.79. The average Bonchev–Trinajstić information content (AvgIpc) is 1.90. The van der Waals surface area contributed by atoms with E-state index < -0.39 is 0 Å². The van der Waals surface area contributed by atoms with E-state index in [0.29, 0.717) is 5.92 Å². The Morgan fingerprint density at radius 3 is 2.50 bits per heavy atom. The normalized spacial score (nSPS) is 27.2. The van der Waals surface area contributed by atoms with Gasteiger partial charge in [0.05, 0.1) is 6.10 Å². The molecule has 1 heteroatoms. The highest BCUT2D eigenvalue weighted by atomic mass is 16.3. The van der Waals surface area contributed by atoms with Crippen LogP contribution in [0.1, 0.15) is 33.6 Å². The van der Waals surface area contributed by atoms with E-state index >= 15 is 0 Å². The van der Waals surface area contributed by atoms with Crippen LogP contribution >= 0.6 is 0 Å². The number of allylic oxidation sites excluding steroid dienone is 2. The molecular formula is C9H18O. The summed E-state index contributed by atoms with van der Waals surface area (Å²) >= 11 is 0. The van der Waals surface area contributed by atoms with E-state index in [1.807, 2.05) is 6.92 Å². The standard InChI is InChI=1S/C8H14O.CH4/c1-7(9)8-5-3-2-4-6-8;/h2-3,7-9H,4-6H2,1H3;1H4. The van der Waals surface area contributed by atoms with Crippen LogP contribution in [0.15, 0.2) is 12.2 Å². The third kappa shape index (κ3) is 2.53. The molecule has 0 fully saturated rings. The molecule has 2 unspecified atom stereocenters. The molecule has 0 aromatic heterocycles. The van der Waals surface area contributed by atoms with E-state index in [2.05, 4.69) is 12.2 Å². The molecule has 0 radical (unpaired) electrons. The van der Waals surface area contributed by atoms with Gasteiger partial charge in [-0.15, -0.1) is 0 Å². The average molecular weight is 142 g/mol. The molecule has 0 aromatic carbocycles. The van der Waals surface area contributed by atoms with Crippen molar-refractivity contribution in [3.8, 4) is 0 Å². The van der Waals surface area contributed by atoms with Gasteiger partial charge in [0.25, 0.3) is 0 Å². The third-order valence-corrected chi connectivity index (χ3v) is 1.99. The fourth-order valence-corrected chi connectivity index (χ4v) is 1.26. The minimum absolute atomic E-state index is 0. The van der Waals surface area contributed by atoms with Gasteiger partial charge in [-0.3, -0.25) is 0 Å². The molecule has 0 heterocycles. The number of rotatable bonds is 1. The van der Waals surface area contributed by atoms with Gasteiger partial charge in [0, 0.05) is 0 Å². The highest BCUT2D eigenvalue weighted by molar-refractivity contribution is 4.91. The molecule has 0 bridgehead atoms. The van der Waals surface area contributed by atoms with Gasteiger partial charge in [-0.2, -0.15) is 0 Å². The number of aliphatic hydroxyl groups is 1. The van der Waals surface area contributed by atoms with Crippen LogP contribution in [0.25, 0.3) is 0 Å². The lowest BCUT2D eigenvalue weighted by molar-refractivity contribution is 0.120. The van der Waals surface area contributed by atoms with Crippen LogP contribution < -0.4 is 0 Å². The third-order valence-electron chi connectivity index (χ3n) is 1.99. The van der Waals surface area contributed by atoms with Crippen molar-refractivity contribution in [2.24, 2.45) is 5.92 Å². The Hall–Kier alpha value is -0.300. The summed E-state index contributed by atoms with van der Waals surface area (Å²) in [6.07, 6.45) is 7.62. The SMILES string of the molecule is C.CC(O)C1CC=CCC1. The second-order valence-corrected chi connectivity index (χ2v) is 2.79. The van der Waals surface area contributed by atoms with Crippen LogP contribution in [0.4, 0.5) is 0 Å². The molecular weight excluding hydrogens is 124 g/mol. The van der Waals surface area contributed by atoms with Crippen LogP contribution in [0.2, 0.25) is 0 Å². The van der Waals surface area contributed by atoms with E-state index in [4.69, 9.17) is 5.11 Å². The van der Waals surface area contributed by atoms with Crippen molar-refractivity contribution < 1.29 is 5.11 Å². The minimum atomic E-state index is -0.116. The molecule has 1 aliphatic rings. The topological polar surface area (TPSA) is 20.2 Å². The van der Waals surface area contributed by atoms with Crippen LogP contribution in [0.5, 0.6) is 0 Å². The summed E-state index contributed by atoms with van der Waals surface area (Å²) in [4.78, 5) is 0. The van der Waals surface area contributed by atoms with E-state index in [0.717, 1.165) is 19.3 Å². The van der Waals surface area contributed by atoms with Crippen molar-refractivity contribution in [2.75, 3.05) is 0 Å². The Labute approximate surface area is 63.8 Å². The van der Waals surface area contributed by atoms with Gasteiger partial charge < -0.3 is 5.11 Å². The monoisotopic (exact) mass is 142 g/mol. The van der Waals surface area contributed by atoms with Gasteiger partial charge in [0.15, 0.2) is 0 Å². The number of hydrogen-bond acceptors (Lipinski definition) is 1. The maximum absolute atomic E-state index is 9.14. The lowest BCUT2D eigenvalue weighted by Gasteiger charge is -2.19. The van der Waals surface area contributed by atoms with Crippen molar-refractivity contribution in [3.05, 3.63) is 12.2 Å². The lowest BCUT2D eigenvalue weighted by atomic mass is 9.90. The van der Waals surface area contributed by atoms with Crippen molar-refractivity contribution in [2.45, 2.75) is 39.7 Å². The van der Waals surface area contributed by atoms with E-state index in [1.54, 1.807) is 0 Å². The lowest BCUT2D eigenvalue weighted by Crippen LogP contribution is -2.17. The van der Waals surface area contributed by atoms with Gasteiger partial charge in [-0.05, 0) is 32.1 Å². The Morgan fingerprint density at radius 2 is 2.20 bits per heavy atom. The Kier molecular flexibility index (Phi) is 4.37. The molecule has 60 valence electrons. The second kappa shape index (κ2) is 4.51. The molecule has 0 aromatic rings. The van der Waals surface area contributed by atoms with Crippen LogP contribution in [0.3, 0.4) is 0 Å². The summed E-state index contributed by atoms with van der Waals surface area (Å²) in [5.74, 6) is 0.523. The van der Waals surface area contributed by atoms with E-state index in [-0.39, 0.29) is 13.5 Å². The Balaban J connectivity index is 0.000000810. The minimum Gasteiger partial charge on any atom is -0.393 e. The van der Waals surface area contributed by atoms with Crippen molar-refractivity contribution in [1.82, 2.24) is 0 Å². The molecule has 0 aliphatic heterocycles. The number of hydrogen-bond donors (Lipinski definition) is 1. The van der Waals surface area contributed by atoms with Crippen molar-refractivity contribution >= 4 is 0 Å². The zero-order valence-corrected chi connectivity index (χ0v) is 5.88. The summed E-state index contributed by atoms with van der Waals surface area (Å²) in [5, 5.41) is 9.14. The predicted molar refractivity (Wildman–Crippen MR) is 44.9 cm³/mol. The first-order valence-corrected chi connectivity index (χ1v) is 3.64. The van der Waals surface area contributed by atoms with Crippen LogP contribution in [0, 0.1) is 5.92 Å². The van der Waals surface area contributed by atoms with Gasteiger partial charge in [-0.25, -0.2) is 0 Å². The van der Waals surface area contributed by atoms with E-state index in [1.165, 1.54) is 0 Å². The molecule has 1 rings (SSSR count). The van der Waals surface area contributed by atoms with Crippen molar-refractivity contribution in [3.63, 3.8) is 0 Å². The molecule has 1 N–H and O–H groups in total. The quantitative estimate of drug-likeness (QED) is 0.557.